The van der Waals surface area contributed by atoms with E-state index in [-0.39, 0.29) is 5.56 Å². The minimum absolute atomic E-state index is 0.0412. The molecule has 0 spiro atoms. The lowest BCUT2D eigenvalue weighted by molar-refractivity contribution is 0.432. The normalized spacial score (nSPS) is 12.7. The Balaban J connectivity index is 2.48. The lowest BCUT2D eigenvalue weighted by Crippen LogP contribution is -2.24. The van der Waals surface area contributed by atoms with Crippen LogP contribution in [0, 0.1) is 17.5 Å². The predicted octanol–water partition coefficient (Wildman–Crippen LogP) is 2.54. The van der Waals surface area contributed by atoms with E-state index < -0.39 is 23.5 Å². The Bertz CT molecular complexity index is 581. The van der Waals surface area contributed by atoms with E-state index in [0.717, 1.165) is 6.07 Å². The lowest BCUT2D eigenvalue weighted by atomic mass is 10.0. The van der Waals surface area contributed by atoms with Crippen molar-refractivity contribution in [2.45, 2.75) is 13.0 Å². The number of aryl methyl sites for hydroxylation is 1. The summed E-state index contributed by atoms with van der Waals surface area (Å²) in [5, 5.41) is 3.01. The summed E-state index contributed by atoms with van der Waals surface area (Å²) in [6, 6.07) is 1.54. The van der Waals surface area contributed by atoms with Crippen molar-refractivity contribution in [3.8, 4) is 0 Å². The fourth-order valence-corrected chi connectivity index (χ4v) is 1.92. The summed E-state index contributed by atoms with van der Waals surface area (Å²) < 4.78 is 41.8. The van der Waals surface area contributed by atoms with Crippen LogP contribution in [0.15, 0.2) is 24.7 Å². The molecular weight excluding hydrogens is 255 g/mol. The summed E-state index contributed by atoms with van der Waals surface area (Å²) in [6.45, 7) is 2.38. The van der Waals surface area contributed by atoms with E-state index in [0.29, 0.717) is 12.2 Å². The summed E-state index contributed by atoms with van der Waals surface area (Å²) in [4.78, 5) is 4.12. The van der Waals surface area contributed by atoms with Crippen LogP contribution in [0.1, 0.15) is 24.2 Å². The van der Waals surface area contributed by atoms with Gasteiger partial charge in [-0.1, -0.05) is 13.0 Å². The summed E-state index contributed by atoms with van der Waals surface area (Å²) in [6.07, 6.45) is 3.27. The molecule has 0 saturated heterocycles. The predicted molar refractivity (Wildman–Crippen MR) is 65.0 cm³/mol. The number of halogens is 3. The Kier molecular flexibility index (Phi) is 3.90. The molecule has 0 aliphatic carbocycles. The molecule has 1 heterocycles. The minimum atomic E-state index is -1.46. The molecule has 0 saturated carbocycles. The molecule has 1 aromatic heterocycles. The van der Waals surface area contributed by atoms with Crippen LogP contribution in [0.2, 0.25) is 0 Å². The first-order chi connectivity index (χ1) is 9.04. The van der Waals surface area contributed by atoms with Gasteiger partial charge in [0.25, 0.3) is 0 Å². The van der Waals surface area contributed by atoms with Gasteiger partial charge in [-0.15, -0.1) is 0 Å². The Hall–Kier alpha value is -1.82. The molecule has 19 heavy (non-hydrogen) atoms. The van der Waals surface area contributed by atoms with E-state index in [2.05, 4.69) is 10.3 Å². The van der Waals surface area contributed by atoms with Gasteiger partial charge in [0.15, 0.2) is 17.5 Å². The van der Waals surface area contributed by atoms with Crippen molar-refractivity contribution < 1.29 is 13.2 Å². The zero-order valence-electron chi connectivity index (χ0n) is 10.6. The molecule has 0 radical (unpaired) electrons. The molecule has 2 aromatic rings. The number of nitrogens with zero attached hydrogens (tertiary/aromatic N) is 2. The number of rotatable bonds is 4. The molecule has 3 nitrogen and oxygen atoms in total. The van der Waals surface area contributed by atoms with Crippen molar-refractivity contribution in [1.82, 2.24) is 14.9 Å². The zero-order valence-corrected chi connectivity index (χ0v) is 10.6. The van der Waals surface area contributed by atoms with E-state index in [1.807, 2.05) is 6.92 Å². The molecule has 1 aromatic carbocycles. The highest BCUT2D eigenvalue weighted by Gasteiger charge is 2.23. The quantitative estimate of drug-likeness (QED) is 0.864. The van der Waals surface area contributed by atoms with Crippen LogP contribution in [0.5, 0.6) is 0 Å². The summed E-state index contributed by atoms with van der Waals surface area (Å²) in [5.74, 6) is -3.84. The van der Waals surface area contributed by atoms with Crippen LogP contribution >= 0.6 is 0 Å². The van der Waals surface area contributed by atoms with Crippen LogP contribution in [-0.2, 0) is 7.05 Å². The van der Waals surface area contributed by atoms with Crippen LogP contribution < -0.4 is 5.32 Å². The van der Waals surface area contributed by atoms with Gasteiger partial charge in [-0.25, -0.2) is 18.2 Å². The third kappa shape index (κ3) is 2.63. The van der Waals surface area contributed by atoms with Crippen molar-refractivity contribution >= 4 is 0 Å². The van der Waals surface area contributed by atoms with Gasteiger partial charge in [0.2, 0.25) is 0 Å². The first kappa shape index (κ1) is 13.6. The smallest absolute Gasteiger partial charge is 0.194 e. The monoisotopic (exact) mass is 269 g/mol. The van der Waals surface area contributed by atoms with E-state index in [4.69, 9.17) is 0 Å². The number of hydrogen-bond acceptors (Lipinski definition) is 2. The van der Waals surface area contributed by atoms with Crippen molar-refractivity contribution in [3.63, 3.8) is 0 Å². The Morgan fingerprint density at radius 3 is 2.58 bits per heavy atom. The SMILES string of the molecule is CCNC(c1cn(C)cn1)c1ccc(F)c(F)c1F. The minimum Gasteiger partial charge on any atom is -0.340 e. The molecule has 1 unspecified atom stereocenters. The molecule has 0 bridgehead atoms. The second-order valence-corrected chi connectivity index (χ2v) is 4.22. The topological polar surface area (TPSA) is 29.9 Å². The van der Waals surface area contributed by atoms with Crippen LogP contribution in [0.4, 0.5) is 13.2 Å². The van der Waals surface area contributed by atoms with E-state index >= 15 is 0 Å². The Labute approximate surface area is 109 Å². The highest BCUT2D eigenvalue weighted by Crippen LogP contribution is 2.25. The number of imidazole rings is 1. The standard InChI is InChI=1S/C13H14F3N3/c1-3-17-13(10-6-19(2)7-18-10)8-4-5-9(14)12(16)11(8)15/h4-7,13,17H,3H2,1-2H3. The van der Waals surface area contributed by atoms with Gasteiger partial charge in [-0.3, -0.25) is 0 Å². The largest absolute Gasteiger partial charge is 0.340 e. The zero-order chi connectivity index (χ0) is 14.0. The van der Waals surface area contributed by atoms with Crippen molar-refractivity contribution in [3.05, 3.63) is 53.4 Å². The van der Waals surface area contributed by atoms with Crippen molar-refractivity contribution in [1.29, 1.82) is 0 Å². The van der Waals surface area contributed by atoms with Gasteiger partial charge in [0.05, 0.1) is 18.1 Å². The highest BCUT2D eigenvalue weighted by molar-refractivity contribution is 5.29. The fraction of sp³-hybridized carbons (Fsp3) is 0.308. The molecule has 1 atom stereocenters. The summed E-state index contributed by atoms with van der Waals surface area (Å²) >= 11 is 0. The Morgan fingerprint density at radius 1 is 1.26 bits per heavy atom. The van der Waals surface area contributed by atoms with Crippen LogP contribution in [0.25, 0.3) is 0 Å². The maximum absolute atomic E-state index is 13.8. The molecular formula is C13H14F3N3. The summed E-state index contributed by atoms with van der Waals surface area (Å²) in [5.41, 5.74) is 0.591. The fourth-order valence-electron chi connectivity index (χ4n) is 1.92. The average molecular weight is 269 g/mol. The molecule has 1 N–H and O–H groups in total. The maximum atomic E-state index is 13.8. The first-order valence-corrected chi connectivity index (χ1v) is 5.89. The van der Waals surface area contributed by atoms with E-state index in [9.17, 15) is 13.2 Å². The van der Waals surface area contributed by atoms with E-state index in [1.54, 1.807) is 24.1 Å². The van der Waals surface area contributed by atoms with Crippen LogP contribution in [-0.4, -0.2) is 16.1 Å². The van der Waals surface area contributed by atoms with Gasteiger partial charge in [0, 0.05) is 18.8 Å². The Morgan fingerprint density at radius 2 is 2.00 bits per heavy atom. The molecule has 0 amide bonds. The highest BCUT2D eigenvalue weighted by atomic mass is 19.2. The maximum Gasteiger partial charge on any atom is 0.194 e. The number of nitrogens with one attached hydrogen (secondary N) is 1. The first-order valence-electron chi connectivity index (χ1n) is 5.89. The van der Waals surface area contributed by atoms with Crippen molar-refractivity contribution in [2.24, 2.45) is 7.05 Å². The van der Waals surface area contributed by atoms with Gasteiger partial charge < -0.3 is 9.88 Å². The molecule has 6 heteroatoms. The molecule has 0 aliphatic rings. The van der Waals surface area contributed by atoms with Gasteiger partial charge >= 0.3 is 0 Å². The molecule has 0 fully saturated rings. The average Bonchev–Trinajstić information content (AvgIpc) is 2.81. The number of aromatic nitrogens is 2. The third-order valence-corrected chi connectivity index (χ3v) is 2.80. The number of hydrogen-bond donors (Lipinski definition) is 1. The van der Waals surface area contributed by atoms with Gasteiger partial charge in [-0.05, 0) is 12.6 Å². The van der Waals surface area contributed by atoms with Crippen molar-refractivity contribution in [2.75, 3.05) is 6.54 Å². The molecule has 2 rings (SSSR count). The summed E-state index contributed by atoms with van der Waals surface area (Å²) in [7, 11) is 1.78. The van der Waals surface area contributed by atoms with Gasteiger partial charge in [-0.2, -0.15) is 0 Å². The molecule has 0 aliphatic heterocycles. The lowest BCUT2D eigenvalue weighted by Gasteiger charge is -2.17. The number of benzene rings is 1. The van der Waals surface area contributed by atoms with Crippen LogP contribution in [0.3, 0.4) is 0 Å². The third-order valence-electron chi connectivity index (χ3n) is 2.80. The van der Waals surface area contributed by atoms with Gasteiger partial charge in [0.1, 0.15) is 0 Å². The molecule has 102 valence electrons. The van der Waals surface area contributed by atoms with E-state index in [1.165, 1.54) is 6.07 Å². The second kappa shape index (κ2) is 5.44. The second-order valence-electron chi connectivity index (χ2n) is 4.22.